The highest BCUT2D eigenvalue weighted by molar-refractivity contribution is 5.88. The molecule has 0 heterocycles. The molecule has 6 nitrogen and oxygen atoms in total. The van der Waals surface area contributed by atoms with E-state index in [-0.39, 0.29) is 25.1 Å². The van der Waals surface area contributed by atoms with Crippen LogP contribution in [0.2, 0.25) is 0 Å². The molecule has 0 saturated heterocycles. The first-order valence-electron chi connectivity index (χ1n) is 6.70. The highest BCUT2D eigenvalue weighted by Crippen LogP contribution is 2.16. The van der Waals surface area contributed by atoms with Crippen LogP contribution in [0.15, 0.2) is 36.9 Å². The number of carbonyl (C=O) groups excluding carboxylic acids is 2. The van der Waals surface area contributed by atoms with E-state index >= 15 is 0 Å². The van der Waals surface area contributed by atoms with Gasteiger partial charge in [0.1, 0.15) is 12.4 Å². The Morgan fingerprint density at radius 1 is 1.32 bits per heavy atom. The Bertz CT molecular complexity index is 588. The Morgan fingerprint density at radius 2 is 2.14 bits per heavy atom. The van der Waals surface area contributed by atoms with Gasteiger partial charge >= 0.3 is 6.03 Å². The normalized spacial score (nSPS) is 8.95. The fourth-order valence-electron chi connectivity index (χ4n) is 1.45. The minimum absolute atomic E-state index is 0.141. The second kappa shape index (κ2) is 9.88. The zero-order chi connectivity index (χ0) is 16.2. The quantitative estimate of drug-likeness (QED) is 0.550. The van der Waals surface area contributed by atoms with Crippen molar-refractivity contribution in [3.05, 3.63) is 36.9 Å². The molecule has 0 atom stereocenters. The number of carbonyl (C=O) groups is 2. The van der Waals surface area contributed by atoms with Gasteiger partial charge in [-0.25, -0.2) is 4.79 Å². The van der Waals surface area contributed by atoms with Crippen molar-refractivity contribution in [1.82, 2.24) is 10.6 Å². The maximum absolute atomic E-state index is 11.2. The van der Waals surface area contributed by atoms with E-state index in [9.17, 15) is 9.59 Å². The number of rotatable bonds is 6. The van der Waals surface area contributed by atoms with Gasteiger partial charge in [0.15, 0.2) is 0 Å². The lowest BCUT2D eigenvalue weighted by Gasteiger charge is -2.05. The van der Waals surface area contributed by atoms with E-state index < -0.39 is 0 Å². The third-order valence-corrected chi connectivity index (χ3v) is 2.33. The lowest BCUT2D eigenvalue weighted by atomic mass is 10.3. The second-order valence-corrected chi connectivity index (χ2v) is 4.20. The largest absolute Gasteiger partial charge is 0.481 e. The van der Waals surface area contributed by atoms with E-state index in [1.165, 1.54) is 6.92 Å². The molecule has 0 radical (unpaired) electrons. The third kappa shape index (κ3) is 7.60. The molecule has 6 heteroatoms. The molecule has 0 bridgehead atoms. The van der Waals surface area contributed by atoms with Crippen molar-refractivity contribution in [2.45, 2.75) is 6.92 Å². The Balaban J connectivity index is 2.30. The molecule has 0 aromatic heterocycles. The van der Waals surface area contributed by atoms with Crippen LogP contribution < -0.4 is 20.7 Å². The van der Waals surface area contributed by atoms with Crippen LogP contribution >= 0.6 is 0 Å². The Hall–Kier alpha value is -2.94. The van der Waals surface area contributed by atoms with Crippen LogP contribution in [0.3, 0.4) is 0 Å². The number of ether oxygens (including phenoxy) is 1. The highest BCUT2D eigenvalue weighted by atomic mass is 16.5. The summed E-state index contributed by atoms with van der Waals surface area (Å²) >= 11 is 0. The van der Waals surface area contributed by atoms with Crippen LogP contribution in [-0.4, -0.2) is 31.6 Å². The molecule has 3 N–H and O–H groups in total. The van der Waals surface area contributed by atoms with Crippen molar-refractivity contribution in [2.75, 3.05) is 25.0 Å². The van der Waals surface area contributed by atoms with Gasteiger partial charge in [0, 0.05) is 25.2 Å². The van der Waals surface area contributed by atoms with E-state index in [4.69, 9.17) is 4.74 Å². The van der Waals surface area contributed by atoms with Gasteiger partial charge in [-0.3, -0.25) is 4.79 Å². The van der Waals surface area contributed by atoms with Gasteiger partial charge in [-0.05, 0) is 12.1 Å². The SMILES string of the molecule is C=CCNC(=O)NCC#CCOc1cccc(NC(C)=O)c1. The lowest BCUT2D eigenvalue weighted by Crippen LogP contribution is -2.35. The van der Waals surface area contributed by atoms with Crippen LogP contribution in [0.25, 0.3) is 0 Å². The van der Waals surface area contributed by atoms with Gasteiger partial charge in [0.25, 0.3) is 0 Å². The van der Waals surface area contributed by atoms with Crippen LogP contribution in [0.5, 0.6) is 5.75 Å². The maximum atomic E-state index is 11.2. The summed E-state index contributed by atoms with van der Waals surface area (Å²) in [5.74, 6) is 6.02. The summed E-state index contributed by atoms with van der Waals surface area (Å²) in [7, 11) is 0. The molecule has 0 aliphatic rings. The third-order valence-electron chi connectivity index (χ3n) is 2.33. The zero-order valence-corrected chi connectivity index (χ0v) is 12.4. The molecular weight excluding hydrogens is 282 g/mol. The standard InChI is InChI=1S/C16H19N3O3/c1-3-9-17-16(21)18-10-4-5-11-22-15-8-6-7-14(12-15)19-13(2)20/h3,6-8,12H,1,9-11H2,2H3,(H,19,20)(H2,17,18,21). The van der Waals surface area contributed by atoms with E-state index in [1.807, 2.05) is 0 Å². The van der Waals surface area contributed by atoms with E-state index in [1.54, 1.807) is 30.3 Å². The van der Waals surface area contributed by atoms with Crippen molar-refractivity contribution < 1.29 is 14.3 Å². The molecule has 3 amide bonds. The molecule has 1 aromatic rings. The number of amides is 3. The molecular formula is C16H19N3O3. The Labute approximate surface area is 129 Å². The first kappa shape index (κ1) is 17.1. The average Bonchev–Trinajstić information content (AvgIpc) is 2.48. The molecule has 1 rings (SSSR count). The fourth-order valence-corrected chi connectivity index (χ4v) is 1.45. The minimum Gasteiger partial charge on any atom is -0.481 e. The summed E-state index contributed by atoms with van der Waals surface area (Å²) in [5, 5.41) is 7.81. The summed E-state index contributed by atoms with van der Waals surface area (Å²) in [5.41, 5.74) is 0.665. The molecule has 0 spiro atoms. The molecule has 22 heavy (non-hydrogen) atoms. The molecule has 116 valence electrons. The van der Waals surface area contributed by atoms with Gasteiger partial charge in [0.05, 0.1) is 6.54 Å². The summed E-state index contributed by atoms with van der Waals surface area (Å²) in [6, 6.07) is 6.74. The number of benzene rings is 1. The fraction of sp³-hybridized carbons (Fsp3) is 0.250. The second-order valence-electron chi connectivity index (χ2n) is 4.20. The predicted molar refractivity (Wildman–Crippen MR) is 85.6 cm³/mol. The summed E-state index contributed by atoms with van der Waals surface area (Å²) < 4.78 is 5.43. The van der Waals surface area contributed by atoms with Gasteiger partial charge in [-0.2, -0.15) is 0 Å². The Morgan fingerprint density at radius 3 is 2.86 bits per heavy atom. The molecule has 0 saturated carbocycles. The van der Waals surface area contributed by atoms with Gasteiger partial charge in [-0.1, -0.05) is 24.0 Å². The highest BCUT2D eigenvalue weighted by Gasteiger charge is 1.97. The zero-order valence-electron chi connectivity index (χ0n) is 12.4. The van der Waals surface area contributed by atoms with Gasteiger partial charge in [-0.15, -0.1) is 6.58 Å². The Kier molecular flexibility index (Phi) is 7.69. The smallest absolute Gasteiger partial charge is 0.315 e. The van der Waals surface area contributed by atoms with Crippen molar-refractivity contribution in [3.8, 4) is 17.6 Å². The molecule has 0 aliphatic heterocycles. The number of anilines is 1. The van der Waals surface area contributed by atoms with Crippen molar-refractivity contribution >= 4 is 17.6 Å². The summed E-state index contributed by atoms with van der Waals surface area (Å²) in [6.07, 6.45) is 1.59. The van der Waals surface area contributed by atoms with E-state index in [0.717, 1.165) is 0 Å². The van der Waals surface area contributed by atoms with Gasteiger partial charge in [0.2, 0.25) is 5.91 Å². The molecule has 0 unspecified atom stereocenters. The summed E-state index contributed by atoms with van der Waals surface area (Å²) in [6.45, 7) is 5.77. The number of nitrogens with one attached hydrogen (secondary N) is 3. The van der Waals surface area contributed by atoms with E-state index in [0.29, 0.717) is 18.0 Å². The summed E-state index contributed by atoms with van der Waals surface area (Å²) in [4.78, 5) is 22.1. The number of urea groups is 1. The van der Waals surface area contributed by atoms with Crippen molar-refractivity contribution in [3.63, 3.8) is 0 Å². The average molecular weight is 301 g/mol. The van der Waals surface area contributed by atoms with Crippen LogP contribution in [0.4, 0.5) is 10.5 Å². The molecule has 0 aliphatic carbocycles. The maximum Gasteiger partial charge on any atom is 0.315 e. The van der Waals surface area contributed by atoms with Crippen LogP contribution in [0.1, 0.15) is 6.92 Å². The lowest BCUT2D eigenvalue weighted by molar-refractivity contribution is -0.114. The minimum atomic E-state index is -0.293. The monoisotopic (exact) mass is 301 g/mol. The van der Waals surface area contributed by atoms with Gasteiger partial charge < -0.3 is 20.7 Å². The van der Waals surface area contributed by atoms with E-state index in [2.05, 4.69) is 34.4 Å². The van der Waals surface area contributed by atoms with Crippen molar-refractivity contribution in [2.24, 2.45) is 0 Å². The van der Waals surface area contributed by atoms with Crippen LogP contribution in [0, 0.1) is 11.8 Å². The molecule has 1 aromatic carbocycles. The first-order chi connectivity index (χ1) is 10.6. The predicted octanol–water partition coefficient (Wildman–Crippen LogP) is 1.51. The van der Waals surface area contributed by atoms with Crippen LogP contribution in [-0.2, 0) is 4.79 Å². The topological polar surface area (TPSA) is 79.5 Å². The molecule has 0 fully saturated rings. The van der Waals surface area contributed by atoms with Crippen molar-refractivity contribution in [1.29, 1.82) is 0 Å². The number of hydrogen-bond donors (Lipinski definition) is 3. The first-order valence-corrected chi connectivity index (χ1v) is 6.70. The number of hydrogen-bond acceptors (Lipinski definition) is 3.